The maximum Gasteiger partial charge on any atom is 0.342 e. The molecule has 0 aliphatic heterocycles. The fraction of sp³-hybridized carbons (Fsp3) is 0. The normalized spacial score (nSPS) is 10.8. The highest BCUT2D eigenvalue weighted by molar-refractivity contribution is 6.42. The van der Waals surface area contributed by atoms with E-state index >= 15 is 0 Å². The highest BCUT2D eigenvalue weighted by Gasteiger charge is 2.00. The van der Waals surface area contributed by atoms with Crippen LogP contribution in [-0.4, -0.2) is 21.4 Å². The van der Waals surface area contributed by atoms with Gasteiger partial charge in [0.2, 0.25) is 5.82 Å². The summed E-state index contributed by atoms with van der Waals surface area (Å²) < 4.78 is 0. The van der Waals surface area contributed by atoms with Gasteiger partial charge >= 0.3 is 5.69 Å². The second-order valence-corrected chi connectivity index (χ2v) is 4.21. The summed E-state index contributed by atoms with van der Waals surface area (Å²) in [6.07, 6.45) is 1.43. The summed E-state index contributed by atoms with van der Waals surface area (Å²) in [6.45, 7) is 0. The van der Waals surface area contributed by atoms with Crippen molar-refractivity contribution in [2.45, 2.75) is 0 Å². The fourth-order valence-corrected chi connectivity index (χ4v) is 1.49. The molecule has 0 aliphatic carbocycles. The maximum absolute atomic E-state index is 11.3. The average molecular weight is 300 g/mol. The van der Waals surface area contributed by atoms with Crippen molar-refractivity contribution in [3.05, 3.63) is 54.6 Å². The van der Waals surface area contributed by atoms with Gasteiger partial charge in [0.05, 0.1) is 16.3 Å². The Morgan fingerprint density at radius 3 is 2.74 bits per heavy atom. The minimum atomic E-state index is -0.691. The number of H-pyrrole nitrogens is 2. The Bertz CT molecular complexity index is 737. The lowest BCUT2D eigenvalue weighted by Crippen LogP contribution is -2.25. The molecule has 0 atom stereocenters. The molecule has 2 rings (SSSR count). The molecule has 1 aromatic carbocycles. The van der Waals surface area contributed by atoms with Crippen molar-refractivity contribution in [2.75, 3.05) is 5.43 Å². The van der Waals surface area contributed by atoms with Gasteiger partial charge in [-0.15, -0.1) is 5.10 Å². The highest BCUT2D eigenvalue weighted by Crippen LogP contribution is 2.21. The Morgan fingerprint density at radius 2 is 2.05 bits per heavy atom. The first kappa shape index (κ1) is 13.3. The summed E-state index contributed by atoms with van der Waals surface area (Å²) in [6, 6.07) is 4.93. The molecule has 0 amide bonds. The largest absolute Gasteiger partial charge is 0.342 e. The van der Waals surface area contributed by atoms with Gasteiger partial charge in [-0.3, -0.25) is 15.2 Å². The second-order valence-electron chi connectivity index (χ2n) is 3.40. The third kappa shape index (κ3) is 3.43. The first-order chi connectivity index (χ1) is 9.06. The van der Waals surface area contributed by atoms with E-state index in [2.05, 4.69) is 20.7 Å². The van der Waals surface area contributed by atoms with Gasteiger partial charge in [0.15, 0.2) is 0 Å². The molecule has 9 heteroatoms. The maximum atomic E-state index is 11.3. The van der Waals surface area contributed by atoms with Crippen LogP contribution in [0.1, 0.15) is 5.56 Å². The number of nitrogens with zero attached hydrogens (tertiary/aromatic N) is 2. The van der Waals surface area contributed by atoms with Crippen molar-refractivity contribution in [3.8, 4) is 0 Å². The number of aromatic amines is 2. The summed E-state index contributed by atoms with van der Waals surface area (Å²) in [4.78, 5) is 24.0. The van der Waals surface area contributed by atoms with E-state index in [-0.39, 0.29) is 5.82 Å². The van der Waals surface area contributed by atoms with Crippen LogP contribution in [0.5, 0.6) is 0 Å². The predicted octanol–water partition coefficient (Wildman–Crippen LogP) is 1.21. The molecule has 0 unspecified atom stereocenters. The van der Waals surface area contributed by atoms with Crippen LogP contribution in [0.15, 0.2) is 32.9 Å². The van der Waals surface area contributed by atoms with Gasteiger partial charge in [0.25, 0.3) is 5.56 Å². The molecule has 0 spiro atoms. The van der Waals surface area contributed by atoms with Crippen molar-refractivity contribution in [1.82, 2.24) is 15.2 Å². The van der Waals surface area contributed by atoms with Crippen LogP contribution in [0.25, 0.3) is 0 Å². The zero-order valence-electron chi connectivity index (χ0n) is 9.28. The van der Waals surface area contributed by atoms with Crippen LogP contribution < -0.4 is 16.7 Å². The van der Waals surface area contributed by atoms with E-state index in [1.165, 1.54) is 6.21 Å². The van der Waals surface area contributed by atoms with E-state index < -0.39 is 11.2 Å². The number of halogens is 2. The van der Waals surface area contributed by atoms with E-state index in [1.807, 2.05) is 4.98 Å². The Hall–Kier alpha value is -2.12. The van der Waals surface area contributed by atoms with Crippen molar-refractivity contribution < 1.29 is 0 Å². The van der Waals surface area contributed by atoms with Crippen LogP contribution in [0, 0.1) is 0 Å². The summed E-state index contributed by atoms with van der Waals surface area (Å²) in [5.41, 5.74) is 1.71. The van der Waals surface area contributed by atoms with Gasteiger partial charge in [-0.25, -0.2) is 9.89 Å². The van der Waals surface area contributed by atoms with Crippen molar-refractivity contribution >= 4 is 35.2 Å². The van der Waals surface area contributed by atoms with E-state index in [4.69, 9.17) is 23.2 Å². The lowest BCUT2D eigenvalue weighted by atomic mass is 10.2. The van der Waals surface area contributed by atoms with E-state index in [0.29, 0.717) is 15.6 Å². The van der Waals surface area contributed by atoms with Gasteiger partial charge in [-0.2, -0.15) is 5.10 Å². The first-order valence-electron chi connectivity index (χ1n) is 4.99. The second kappa shape index (κ2) is 5.68. The third-order valence-electron chi connectivity index (χ3n) is 2.04. The highest BCUT2D eigenvalue weighted by atomic mass is 35.5. The molecule has 3 N–H and O–H groups in total. The average Bonchev–Trinajstić information content (AvgIpc) is 2.36. The standard InChI is InChI=1S/C10H7Cl2N5O2/c11-6-2-1-5(3-7(6)12)4-13-15-8-9(18)14-10(19)17-16-8/h1-4H,(H,15,16)(H2,14,17,18,19). The number of rotatable bonds is 3. The number of nitrogens with one attached hydrogen (secondary N) is 3. The number of aromatic nitrogens is 3. The zero-order valence-corrected chi connectivity index (χ0v) is 10.8. The minimum absolute atomic E-state index is 0.129. The molecule has 19 heavy (non-hydrogen) atoms. The molecule has 0 fully saturated rings. The summed E-state index contributed by atoms with van der Waals surface area (Å²) >= 11 is 11.6. The summed E-state index contributed by atoms with van der Waals surface area (Å²) in [5, 5.41) is 10.2. The Labute approximate surface area is 116 Å². The number of hydrogen-bond acceptors (Lipinski definition) is 5. The Morgan fingerprint density at radius 1 is 1.26 bits per heavy atom. The molecule has 1 heterocycles. The minimum Gasteiger partial charge on any atom is -0.270 e. The van der Waals surface area contributed by atoms with Gasteiger partial charge in [-0.05, 0) is 17.7 Å². The molecule has 0 saturated heterocycles. The molecular formula is C10H7Cl2N5O2. The van der Waals surface area contributed by atoms with Crippen molar-refractivity contribution in [1.29, 1.82) is 0 Å². The smallest absolute Gasteiger partial charge is 0.270 e. The summed E-state index contributed by atoms with van der Waals surface area (Å²) in [5.74, 6) is -0.129. The molecule has 0 bridgehead atoms. The summed E-state index contributed by atoms with van der Waals surface area (Å²) in [7, 11) is 0. The fourth-order valence-electron chi connectivity index (χ4n) is 1.18. The van der Waals surface area contributed by atoms with Crippen molar-refractivity contribution in [2.24, 2.45) is 5.10 Å². The predicted molar refractivity (Wildman–Crippen MR) is 73.2 cm³/mol. The monoisotopic (exact) mass is 299 g/mol. The van der Waals surface area contributed by atoms with Crippen LogP contribution in [-0.2, 0) is 0 Å². The Kier molecular flexibility index (Phi) is 3.98. The van der Waals surface area contributed by atoms with Gasteiger partial charge < -0.3 is 0 Å². The third-order valence-corrected chi connectivity index (χ3v) is 2.78. The number of benzene rings is 1. The molecule has 0 radical (unpaired) electrons. The molecular weight excluding hydrogens is 293 g/mol. The van der Waals surface area contributed by atoms with Crippen LogP contribution in [0.3, 0.4) is 0 Å². The van der Waals surface area contributed by atoms with Crippen LogP contribution >= 0.6 is 23.2 Å². The number of hydrogen-bond donors (Lipinski definition) is 3. The quantitative estimate of drug-likeness (QED) is 0.585. The molecule has 0 saturated carbocycles. The first-order valence-corrected chi connectivity index (χ1v) is 5.75. The van der Waals surface area contributed by atoms with E-state index in [1.54, 1.807) is 18.2 Å². The lowest BCUT2D eigenvalue weighted by molar-refractivity contribution is 0.890. The molecule has 1 aromatic heterocycles. The lowest BCUT2D eigenvalue weighted by Gasteiger charge is -1.98. The van der Waals surface area contributed by atoms with E-state index in [9.17, 15) is 9.59 Å². The van der Waals surface area contributed by atoms with Gasteiger partial charge in [0.1, 0.15) is 0 Å². The number of hydrazone groups is 1. The van der Waals surface area contributed by atoms with Crippen LogP contribution in [0.4, 0.5) is 5.82 Å². The van der Waals surface area contributed by atoms with E-state index in [0.717, 1.165) is 0 Å². The molecule has 98 valence electrons. The molecule has 7 nitrogen and oxygen atoms in total. The molecule has 0 aliphatic rings. The SMILES string of the molecule is O=c1[nH]nc(NN=Cc2ccc(Cl)c(Cl)c2)c(=O)[nH]1. The Balaban J connectivity index is 2.13. The number of anilines is 1. The topological polar surface area (TPSA) is 103 Å². The van der Waals surface area contributed by atoms with Crippen molar-refractivity contribution in [3.63, 3.8) is 0 Å². The zero-order chi connectivity index (χ0) is 13.8. The molecule has 2 aromatic rings. The van der Waals surface area contributed by atoms with Gasteiger partial charge in [0, 0.05) is 0 Å². The van der Waals surface area contributed by atoms with Crippen LogP contribution in [0.2, 0.25) is 10.0 Å². The van der Waals surface area contributed by atoms with Gasteiger partial charge in [-0.1, -0.05) is 29.3 Å².